The van der Waals surface area contributed by atoms with Gasteiger partial charge in [0.15, 0.2) is 10.9 Å². The summed E-state index contributed by atoms with van der Waals surface area (Å²) in [5.74, 6) is 1.49. The number of benzene rings is 1. The Morgan fingerprint density at radius 3 is 2.45 bits per heavy atom. The molecule has 2 N–H and O–H groups in total. The average molecular weight is 454 g/mol. The summed E-state index contributed by atoms with van der Waals surface area (Å²) in [6.07, 6.45) is 0. The Hall–Kier alpha value is -2.10. The molecule has 0 bridgehead atoms. The van der Waals surface area contributed by atoms with Crippen LogP contribution in [0.2, 0.25) is 10.0 Å². The Morgan fingerprint density at radius 1 is 1.07 bits per heavy atom. The molecule has 29 heavy (non-hydrogen) atoms. The Balaban J connectivity index is 1.87. The first-order valence-electron chi connectivity index (χ1n) is 9.02. The van der Waals surface area contributed by atoms with Crippen LogP contribution in [-0.2, 0) is 0 Å². The van der Waals surface area contributed by atoms with E-state index in [0.29, 0.717) is 38.4 Å². The Bertz CT molecular complexity index is 1040. The van der Waals surface area contributed by atoms with Crippen molar-refractivity contribution in [2.75, 3.05) is 16.4 Å². The highest BCUT2D eigenvalue weighted by Crippen LogP contribution is 2.25. The monoisotopic (exact) mass is 453 g/mol. The van der Waals surface area contributed by atoms with Gasteiger partial charge in [-0.1, -0.05) is 35.0 Å². The number of hydrogen-bond acceptors (Lipinski definition) is 8. The Morgan fingerprint density at radius 2 is 1.79 bits per heavy atom. The summed E-state index contributed by atoms with van der Waals surface area (Å²) in [4.78, 5) is 21.5. The molecule has 3 aromatic rings. The molecule has 154 valence electrons. The van der Waals surface area contributed by atoms with E-state index in [1.165, 1.54) is 11.8 Å². The van der Waals surface area contributed by atoms with Crippen LogP contribution in [0.1, 0.15) is 38.1 Å². The van der Waals surface area contributed by atoms with Gasteiger partial charge in [-0.2, -0.15) is 9.97 Å². The lowest BCUT2D eigenvalue weighted by molar-refractivity contribution is 0.102. The van der Waals surface area contributed by atoms with Gasteiger partial charge in [0.1, 0.15) is 0 Å². The SMILES string of the molecule is CC(C)Nc1nc(NC(C)C)n2c(SCC(=O)c3ccc(Cl)c(Cl)c3)nnc2n1. The lowest BCUT2D eigenvalue weighted by Gasteiger charge is -2.14. The maximum atomic E-state index is 12.5. The van der Waals surface area contributed by atoms with Gasteiger partial charge >= 0.3 is 0 Å². The largest absolute Gasteiger partial charge is 0.353 e. The molecule has 3 rings (SSSR count). The molecule has 8 nitrogen and oxygen atoms in total. The number of thioether (sulfide) groups is 1. The number of carbonyl (C=O) groups excluding carboxylic acids is 1. The van der Waals surface area contributed by atoms with E-state index >= 15 is 0 Å². The van der Waals surface area contributed by atoms with Crippen molar-refractivity contribution in [2.24, 2.45) is 0 Å². The summed E-state index contributed by atoms with van der Waals surface area (Å²) in [6, 6.07) is 5.13. The minimum absolute atomic E-state index is 0.0947. The first kappa shape index (κ1) is 21.6. The van der Waals surface area contributed by atoms with Crippen LogP contribution in [0.15, 0.2) is 23.4 Å². The van der Waals surface area contributed by atoms with Crippen molar-refractivity contribution < 1.29 is 4.79 Å². The van der Waals surface area contributed by atoms with Crippen LogP contribution >= 0.6 is 35.0 Å². The van der Waals surface area contributed by atoms with Crippen molar-refractivity contribution in [2.45, 2.75) is 44.9 Å². The van der Waals surface area contributed by atoms with E-state index in [9.17, 15) is 4.79 Å². The smallest absolute Gasteiger partial charge is 0.261 e. The zero-order chi connectivity index (χ0) is 21.1. The third-order valence-electron chi connectivity index (χ3n) is 3.66. The molecule has 11 heteroatoms. The number of rotatable bonds is 8. The van der Waals surface area contributed by atoms with Crippen LogP contribution in [0.5, 0.6) is 0 Å². The number of hydrogen-bond donors (Lipinski definition) is 2. The summed E-state index contributed by atoms with van der Waals surface area (Å²) >= 11 is 13.2. The molecule has 1 aromatic carbocycles. The maximum absolute atomic E-state index is 12.5. The second-order valence-electron chi connectivity index (χ2n) is 6.93. The molecule has 0 radical (unpaired) electrons. The third kappa shape index (κ3) is 5.29. The van der Waals surface area contributed by atoms with Crippen molar-refractivity contribution in [1.29, 1.82) is 0 Å². The van der Waals surface area contributed by atoms with Crippen LogP contribution in [-0.4, -0.2) is 48.2 Å². The Kier molecular flexibility index (Phi) is 6.81. The molecule has 0 atom stereocenters. The summed E-state index contributed by atoms with van der Waals surface area (Å²) in [7, 11) is 0. The van der Waals surface area contributed by atoms with Gasteiger partial charge in [-0.25, -0.2) is 4.40 Å². The lowest BCUT2D eigenvalue weighted by atomic mass is 10.1. The molecule has 0 unspecified atom stereocenters. The minimum atomic E-state index is -0.0947. The van der Waals surface area contributed by atoms with E-state index in [0.717, 1.165) is 0 Å². The highest BCUT2D eigenvalue weighted by atomic mass is 35.5. The summed E-state index contributed by atoms with van der Waals surface area (Å²) in [5, 5.41) is 16.1. The molecule has 2 heterocycles. The van der Waals surface area contributed by atoms with Crippen LogP contribution < -0.4 is 10.6 Å². The number of carbonyl (C=O) groups is 1. The van der Waals surface area contributed by atoms with Crippen LogP contribution in [0.3, 0.4) is 0 Å². The number of Topliss-reactive ketones (excluding diaryl/α,β-unsaturated/α-hetero) is 1. The molecule has 0 saturated heterocycles. The summed E-state index contributed by atoms with van der Waals surface area (Å²) in [6.45, 7) is 8.02. The van der Waals surface area contributed by atoms with Gasteiger partial charge in [0.25, 0.3) is 5.78 Å². The van der Waals surface area contributed by atoms with E-state index < -0.39 is 0 Å². The number of halogens is 2. The van der Waals surface area contributed by atoms with Gasteiger partial charge in [0, 0.05) is 17.6 Å². The van der Waals surface area contributed by atoms with E-state index in [1.54, 1.807) is 22.6 Å². The first-order chi connectivity index (χ1) is 13.7. The summed E-state index contributed by atoms with van der Waals surface area (Å²) in [5.41, 5.74) is 0.487. The fourth-order valence-electron chi connectivity index (χ4n) is 2.44. The van der Waals surface area contributed by atoms with E-state index in [4.69, 9.17) is 23.2 Å². The molecule has 0 aliphatic carbocycles. The third-order valence-corrected chi connectivity index (χ3v) is 5.32. The normalized spacial score (nSPS) is 11.4. The van der Waals surface area contributed by atoms with Crippen molar-refractivity contribution in [3.05, 3.63) is 33.8 Å². The van der Waals surface area contributed by atoms with Gasteiger partial charge in [-0.3, -0.25) is 4.79 Å². The molecular formula is C18H21Cl2N7OS. The van der Waals surface area contributed by atoms with Crippen molar-refractivity contribution >= 4 is 58.4 Å². The molecule has 0 aliphatic rings. The predicted molar refractivity (Wildman–Crippen MR) is 118 cm³/mol. The Labute approximate surface area is 182 Å². The molecule has 2 aromatic heterocycles. The number of nitrogens with zero attached hydrogens (tertiary/aromatic N) is 5. The first-order valence-corrected chi connectivity index (χ1v) is 10.8. The van der Waals surface area contributed by atoms with Crippen LogP contribution in [0.25, 0.3) is 5.78 Å². The van der Waals surface area contributed by atoms with Gasteiger partial charge in [0.2, 0.25) is 11.9 Å². The molecular weight excluding hydrogens is 433 g/mol. The second-order valence-corrected chi connectivity index (χ2v) is 8.68. The van der Waals surface area contributed by atoms with Gasteiger partial charge in [-0.05, 0) is 45.9 Å². The highest BCUT2D eigenvalue weighted by Gasteiger charge is 2.18. The zero-order valence-corrected chi connectivity index (χ0v) is 18.7. The van der Waals surface area contributed by atoms with Gasteiger partial charge in [0.05, 0.1) is 15.8 Å². The van der Waals surface area contributed by atoms with Crippen LogP contribution in [0.4, 0.5) is 11.9 Å². The standard InChI is InChI=1S/C18H21Cl2N7OS/c1-9(2)21-15-23-16(22-10(3)4)27-17(24-15)25-26-18(27)29-8-14(28)11-5-6-12(19)13(20)7-11/h5-7,9-10H,8H2,1-4H3,(H2,21,22,23,24,25). The maximum Gasteiger partial charge on any atom is 0.261 e. The fraction of sp³-hybridized carbons (Fsp3) is 0.389. The van der Waals surface area contributed by atoms with Crippen LogP contribution in [0, 0.1) is 0 Å². The average Bonchev–Trinajstić information content (AvgIpc) is 3.04. The molecule has 0 amide bonds. The number of aromatic nitrogens is 5. The fourth-order valence-corrected chi connectivity index (χ4v) is 3.57. The number of fused-ring (bicyclic) bond motifs is 1. The van der Waals surface area contributed by atoms with Crippen molar-refractivity contribution in [3.63, 3.8) is 0 Å². The van der Waals surface area contributed by atoms with Gasteiger partial charge < -0.3 is 10.6 Å². The number of anilines is 2. The second kappa shape index (κ2) is 9.15. The minimum Gasteiger partial charge on any atom is -0.353 e. The van der Waals surface area contributed by atoms with Crippen molar-refractivity contribution in [3.8, 4) is 0 Å². The predicted octanol–water partition coefficient (Wildman–Crippen LogP) is 4.44. The van der Waals surface area contributed by atoms with E-state index in [2.05, 4.69) is 30.8 Å². The topological polar surface area (TPSA) is 97.1 Å². The van der Waals surface area contributed by atoms with E-state index in [1.807, 2.05) is 27.7 Å². The number of ketones is 1. The molecule has 0 saturated carbocycles. The molecule has 0 fully saturated rings. The van der Waals surface area contributed by atoms with E-state index in [-0.39, 0.29) is 23.6 Å². The molecule has 0 spiro atoms. The molecule has 0 aliphatic heterocycles. The highest BCUT2D eigenvalue weighted by molar-refractivity contribution is 7.99. The quantitative estimate of drug-likeness (QED) is 0.381. The van der Waals surface area contributed by atoms with Crippen molar-refractivity contribution in [1.82, 2.24) is 24.6 Å². The summed E-state index contributed by atoms with van der Waals surface area (Å²) < 4.78 is 1.71. The lowest BCUT2D eigenvalue weighted by Crippen LogP contribution is -2.19. The number of nitrogens with one attached hydrogen (secondary N) is 2. The van der Waals surface area contributed by atoms with Gasteiger partial charge in [-0.15, -0.1) is 10.2 Å². The zero-order valence-electron chi connectivity index (χ0n) is 16.4.